The van der Waals surface area contributed by atoms with Gasteiger partial charge in [0.1, 0.15) is 6.61 Å². The summed E-state index contributed by atoms with van der Waals surface area (Å²) in [6.07, 6.45) is 8.80. The van der Waals surface area contributed by atoms with Crippen molar-refractivity contribution >= 4 is 5.97 Å². The summed E-state index contributed by atoms with van der Waals surface area (Å²) in [5.74, 6) is -0.462. The standard InChI is InChI=1S/C21H19N3O3/c25-21(26)15-9-14(11-22-12-15)18-10-20(24-19-7-2-1-6-17(18)19)27-13-16-5-3-4-8-23-16/h3-5,8-12H,1-2,6-7,13H2,(H,25,26). The van der Waals surface area contributed by atoms with Crippen LogP contribution in [-0.4, -0.2) is 26.0 Å². The van der Waals surface area contributed by atoms with E-state index >= 15 is 0 Å². The molecule has 0 saturated carbocycles. The lowest BCUT2D eigenvalue weighted by molar-refractivity contribution is 0.0696. The van der Waals surface area contributed by atoms with E-state index in [1.807, 2.05) is 24.3 Å². The molecule has 0 fully saturated rings. The summed E-state index contributed by atoms with van der Waals surface area (Å²) in [6.45, 7) is 0.333. The molecule has 3 aromatic heterocycles. The van der Waals surface area contributed by atoms with Gasteiger partial charge in [-0.15, -0.1) is 0 Å². The summed E-state index contributed by atoms with van der Waals surface area (Å²) >= 11 is 0. The van der Waals surface area contributed by atoms with Crippen LogP contribution in [0.25, 0.3) is 11.1 Å². The molecule has 0 spiro atoms. The highest BCUT2D eigenvalue weighted by Crippen LogP contribution is 2.33. The maximum atomic E-state index is 11.3. The molecule has 0 aliphatic heterocycles. The number of carboxylic acid groups (broad SMARTS) is 1. The zero-order valence-electron chi connectivity index (χ0n) is 14.8. The lowest BCUT2D eigenvalue weighted by Crippen LogP contribution is -2.10. The maximum Gasteiger partial charge on any atom is 0.337 e. The van der Waals surface area contributed by atoms with Crippen LogP contribution in [0.4, 0.5) is 0 Å². The van der Waals surface area contributed by atoms with Crippen LogP contribution < -0.4 is 4.74 Å². The van der Waals surface area contributed by atoms with Crippen molar-refractivity contribution < 1.29 is 14.6 Å². The third-order valence-electron chi connectivity index (χ3n) is 4.67. The number of carbonyl (C=O) groups is 1. The molecule has 0 radical (unpaired) electrons. The quantitative estimate of drug-likeness (QED) is 0.746. The van der Waals surface area contributed by atoms with Gasteiger partial charge in [-0.3, -0.25) is 9.97 Å². The Kier molecular flexibility index (Phi) is 4.78. The highest BCUT2D eigenvalue weighted by Gasteiger charge is 2.19. The second kappa shape index (κ2) is 7.53. The van der Waals surface area contributed by atoms with Crippen molar-refractivity contribution in [3.05, 3.63) is 71.4 Å². The Balaban J connectivity index is 1.71. The van der Waals surface area contributed by atoms with Crippen molar-refractivity contribution in [1.29, 1.82) is 0 Å². The maximum absolute atomic E-state index is 11.3. The van der Waals surface area contributed by atoms with Crippen LogP contribution in [0, 0.1) is 0 Å². The van der Waals surface area contributed by atoms with E-state index in [0.717, 1.165) is 53.8 Å². The number of hydrogen-bond donors (Lipinski definition) is 1. The Bertz CT molecular complexity index is 974. The number of aromatic nitrogens is 3. The lowest BCUT2D eigenvalue weighted by Gasteiger charge is -2.20. The summed E-state index contributed by atoms with van der Waals surface area (Å²) in [7, 11) is 0. The fraction of sp³-hybridized carbons (Fsp3) is 0.238. The van der Waals surface area contributed by atoms with Crippen LogP contribution in [0.5, 0.6) is 5.88 Å². The van der Waals surface area contributed by atoms with Gasteiger partial charge < -0.3 is 9.84 Å². The average Bonchev–Trinajstić information content (AvgIpc) is 2.72. The molecule has 0 amide bonds. The van der Waals surface area contributed by atoms with Gasteiger partial charge in [0.05, 0.1) is 11.3 Å². The molecular weight excluding hydrogens is 342 g/mol. The number of nitrogens with zero attached hydrogens (tertiary/aromatic N) is 3. The molecule has 6 heteroatoms. The van der Waals surface area contributed by atoms with Crippen LogP contribution in [0.2, 0.25) is 0 Å². The largest absolute Gasteiger partial charge is 0.478 e. The Morgan fingerprint density at radius 2 is 2.04 bits per heavy atom. The van der Waals surface area contributed by atoms with E-state index in [1.54, 1.807) is 18.5 Å². The van der Waals surface area contributed by atoms with Crippen LogP contribution in [0.1, 0.15) is 40.2 Å². The zero-order valence-corrected chi connectivity index (χ0v) is 14.8. The molecule has 1 aliphatic carbocycles. The molecule has 3 heterocycles. The minimum atomic E-state index is -0.987. The lowest BCUT2D eigenvalue weighted by atomic mass is 9.89. The third kappa shape index (κ3) is 3.79. The van der Waals surface area contributed by atoms with Crippen LogP contribution >= 0.6 is 0 Å². The molecule has 0 aromatic carbocycles. The molecule has 3 aromatic rings. The van der Waals surface area contributed by atoms with Crippen LogP contribution in [0.15, 0.2) is 48.9 Å². The fourth-order valence-corrected chi connectivity index (χ4v) is 3.35. The molecule has 0 bridgehead atoms. The number of aromatic carboxylic acids is 1. The molecule has 0 atom stereocenters. The van der Waals surface area contributed by atoms with Crippen molar-refractivity contribution in [2.75, 3.05) is 0 Å². The number of carboxylic acids is 1. The first kappa shape index (κ1) is 17.1. The SMILES string of the molecule is O=C(O)c1cncc(-c2cc(OCc3ccccn3)nc3c2CCCC3)c1. The Morgan fingerprint density at radius 1 is 1.15 bits per heavy atom. The zero-order chi connectivity index (χ0) is 18.6. The summed E-state index contributed by atoms with van der Waals surface area (Å²) < 4.78 is 5.89. The smallest absolute Gasteiger partial charge is 0.337 e. The van der Waals surface area contributed by atoms with Gasteiger partial charge in [0.2, 0.25) is 5.88 Å². The minimum Gasteiger partial charge on any atom is -0.478 e. The highest BCUT2D eigenvalue weighted by atomic mass is 16.5. The number of rotatable bonds is 5. The molecule has 0 unspecified atom stereocenters. The Labute approximate surface area is 156 Å². The highest BCUT2D eigenvalue weighted by molar-refractivity contribution is 5.89. The van der Waals surface area contributed by atoms with E-state index in [-0.39, 0.29) is 5.56 Å². The molecule has 1 aliphatic rings. The van der Waals surface area contributed by atoms with Crippen molar-refractivity contribution in [1.82, 2.24) is 15.0 Å². The topological polar surface area (TPSA) is 85.2 Å². The predicted octanol–water partition coefficient (Wildman–Crippen LogP) is 3.69. The van der Waals surface area contributed by atoms with Gasteiger partial charge in [0, 0.05) is 35.9 Å². The second-order valence-corrected chi connectivity index (χ2v) is 6.52. The molecule has 6 nitrogen and oxygen atoms in total. The van der Waals surface area contributed by atoms with Crippen molar-refractivity contribution in [3.63, 3.8) is 0 Å². The van der Waals surface area contributed by atoms with E-state index in [4.69, 9.17) is 4.74 Å². The molecule has 1 N–H and O–H groups in total. The van der Waals surface area contributed by atoms with Gasteiger partial charge >= 0.3 is 5.97 Å². The first-order valence-electron chi connectivity index (χ1n) is 8.95. The Morgan fingerprint density at radius 3 is 2.85 bits per heavy atom. The summed E-state index contributed by atoms with van der Waals surface area (Å²) in [6, 6.07) is 9.22. The number of fused-ring (bicyclic) bond motifs is 1. The first-order valence-corrected chi connectivity index (χ1v) is 8.95. The van der Waals surface area contributed by atoms with Gasteiger partial charge in [-0.2, -0.15) is 0 Å². The summed E-state index contributed by atoms with van der Waals surface area (Å²) in [5, 5.41) is 9.28. The normalized spacial score (nSPS) is 13.0. The molecular formula is C21H19N3O3. The fourth-order valence-electron chi connectivity index (χ4n) is 3.35. The Hall–Kier alpha value is -3.28. The number of pyridine rings is 3. The minimum absolute atomic E-state index is 0.171. The van der Waals surface area contributed by atoms with E-state index in [1.165, 1.54) is 6.20 Å². The van der Waals surface area contributed by atoms with E-state index in [9.17, 15) is 9.90 Å². The van der Waals surface area contributed by atoms with Crippen molar-refractivity contribution in [3.8, 4) is 17.0 Å². The average molecular weight is 361 g/mol. The molecule has 0 saturated heterocycles. The number of aryl methyl sites for hydroxylation is 1. The first-order chi connectivity index (χ1) is 13.2. The third-order valence-corrected chi connectivity index (χ3v) is 4.67. The monoisotopic (exact) mass is 361 g/mol. The predicted molar refractivity (Wildman–Crippen MR) is 99.6 cm³/mol. The van der Waals surface area contributed by atoms with Crippen molar-refractivity contribution in [2.45, 2.75) is 32.3 Å². The van der Waals surface area contributed by atoms with E-state index in [2.05, 4.69) is 15.0 Å². The van der Waals surface area contributed by atoms with Crippen LogP contribution in [0.3, 0.4) is 0 Å². The van der Waals surface area contributed by atoms with Gasteiger partial charge in [-0.1, -0.05) is 6.07 Å². The summed E-state index contributed by atoms with van der Waals surface area (Å²) in [4.78, 5) is 24.4. The number of hydrogen-bond acceptors (Lipinski definition) is 5. The van der Waals surface area contributed by atoms with Gasteiger partial charge in [-0.25, -0.2) is 9.78 Å². The summed E-state index contributed by atoms with van der Waals surface area (Å²) in [5.41, 5.74) is 4.91. The molecule has 136 valence electrons. The van der Waals surface area contributed by atoms with E-state index in [0.29, 0.717) is 12.5 Å². The van der Waals surface area contributed by atoms with Crippen LogP contribution in [-0.2, 0) is 19.4 Å². The van der Waals surface area contributed by atoms with E-state index < -0.39 is 5.97 Å². The second-order valence-electron chi connectivity index (χ2n) is 6.52. The number of ether oxygens (including phenoxy) is 1. The molecule has 4 rings (SSSR count). The van der Waals surface area contributed by atoms with Gasteiger partial charge in [0.15, 0.2) is 0 Å². The van der Waals surface area contributed by atoms with Gasteiger partial charge in [-0.05, 0) is 55.0 Å². The molecule has 27 heavy (non-hydrogen) atoms. The van der Waals surface area contributed by atoms with Crippen molar-refractivity contribution in [2.24, 2.45) is 0 Å². The van der Waals surface area contributed by atoms with Gasteiger partial charge in [0.25, 0.3) is 0 Å².